The van der Waals surface area contributed by atoms with Gasteiger partial charge in [-0.1, -0.05) is 0 Å². The van der Waals surface area contributed by atoms with Crippen LogP contribution in [0, 0.1) is 0 Å². The van der Waals surface area contributed by atoms with Crippen molar-refractivity contribution in [1.82, 2.24) is 15.1 Å². The summed E-state index contributed by atoms with van der Waals surface area (Å²) in [7, 11) is 0. The summed E-state index contributed by atoms with van der Waals surface area (Å²) < 4.78 is 5.42. The highest BCUT2D eigenvalue weighted by Gasteiger charge is 2.31. The zero-order chi connectivity index (χ0) is 17.0. The van der Waals surface area contributed by atoms with Gasteiger partial charge in [0.15, 0.2) is 0 Å². The van der Waals surface area contributed by atoms with Gasteiger partial charge in [-0.15, -0.1) is 0 Å². The summed E-state index contributed by atoms with van der Waals surface area (Å²) in [6.45, 7) is 9.24. The SMILES string of the molecule is CC(C)(C)OC(=O)N1CCC(NC2CCN(CC(N)=O)CC2)C1. The van der Waals surface area contributed by atoms with Gasteiger partial charge in [0.1, 0.15) is 5.60 Å². The average molecular weight is 326 g/mol. The van der Waals surface area contributed by atoms with Crippen molar-refractivity contribution in [1.29, 1.82) is 0 Å². The number of nitrogens with one attached hydrogen (secondary N) is 1. The molecule has 0 radical (unpaired) electrons. The minimum absolute atomic E-state index is 0.224. The molecule has 132 valence electrons. The van der Waals surface area contributed by atoms with E-state index >= 15 is 0 Å². The van der Waals surface area contributed by atoms with Crippen LogP contribution in [0.15, 0.2) is 0 Å². The number of nitrogens with zero attached hydrogens (tertiary/aromatic N) is 2. The normalized spacial score (nSPS) is 24.0. The van der Waals surface area contributed by atoms with Crippen molar-refractivity contribution < 1.29 is 14.3 Å². The van der Waals surface area contributed by atoms with Crippen molar-refractivity contribution in [2.75, 3.05) is 32.7 Å². The van der Waals surface area contributed by atoms with Crippen LogP contribution in [-0.2, 0) is 9.53 Å². The van der Waals surface area contributed by atoms with Gasteiger partial charge < -0.3 is 20.7 Å². The van der Waals surface area contributed by atoms with Crippen LogP contribution in [0.4, 0.5) is 4.79 Å². The molecule has 1 atom stereocenters. The Labute approximate surface area is 138 Å². The Hall–Kier alpha value is -1.34. The molecule has 0 aliphatic carbocycles. The largest absolute Gasteiger partial charge is 0.444 e. The number of carbonyl (C=O) groups is 2. The number of nitrogens with two attached hydrogens (primary N) is 1. The number of primary amides is 1. The van der Waals surface area contributed by atoms with Gasteiger partial charge in [0, 0.05) is 38.3 Å². The number of hydrogen-bond donors (Lipinski definition) is 2. The van der Waals surface area contributed by atoms with Gasteiger partial charge in [0.2, 0.25) is 5.91 Å². The highest BCUT2D eigenvalue weighted by atomic mass is 16.6. The topological polar surface area (TPSA) is 87.9 Å². The first-order chi connectivity index (χ1) is 10.7. The molecule has 7 heteroatoms. The fraction of sp³-hybridized carbons (Fsp3) is 0.875. The maximum Gasteiger partial charge on any atom is 0.410 e. The summed E-state index contributed by atoms with van der Waals surface area (Å²) in [6.07, 6.45) is 2.76. The van der Waals surface area contributed by atoms with Gasteiger partial charge >= 0.3 is 6.09 Å². The predicted molar refractivity (Wildman–Crippen MR) is 88.0 cm³/mol. The smallest absolute Gasteiger partial charge is 0.410 e. The molecule has 0 aromatic heterocycles. The molecule has 2 rings (SSSR count). The van der Waals surface area contributed by atoms with E-state index in [0.29, 0.717) is 25.2 Å². The Morgan fingerprint density at radius 1 is 1.13 bits per heavy atom. The molecule has 2 aliphatic heterocycles. The van der Waals surface area contributed by atoms with E-state index in [4.69, 9.17) is 10.5 Å². The summed E-state index contributed by atoms with van der Waals surface area (Å²) in [4.78, 5) is 26.9. The fourth-order valence-electron chi connectivity index (χ4n) is 3.20. The molecule has 0 aromatic rings. The molecule has 3 N–H and O–H groups in total. The van der Waals surface area contributed by atoms with Gasteiger partial charge in [-0.25, -0.2) is 4.79 Å². The Morgan fingerprint density at radius 2 is 1.74 bits per heavy atom. The van der Waals surface area contributed by atoms with Gasteiger partial charge in [0.05, 0.1) is 6.54 Å². The molecule has 2 aliphatic rings. The Morgan fingerprint density at radius 3 is 2.30 bits per heavy atom. The molecule has 0 aromatic carbocycles. The minimum Gasteiger partial charge on any atom is -0.444 e. The lowest BCUT2D eigenvalue weighted by Gasteiger charge is -2.33. The molecule has 0 spiro atoms. The van der Waals surface area contributed by atoms with E-state index in [9.17, 15) is 9.59 Å². The second-order valence-electron chi connectivity index (χ2n) is 7.60. The fourth-order valence-corrected chi connectivity index (χ4v) is 3.20. The van der Waals surface area contributed by atoms with Crippen molar-refractivity contribution in [3.05, 3.63) is 0 Å². The number of carbonyl (C=O) groups excluding carboxylic acids is 2. The molecule has 2 amide bonds. The van der Waals surface area contributed by atoms with Crippen LogP contribution in [0.3, 0.4) is 0 Å². The molecule has 2 fully saturated rings. The highest BCUT2D eigenvalue weighted by Crippen LogP contribution is 2.17. The quantitative estimate of drug-likeness (QED) is 0.787. The summed E-state index contributed by atoms with van der Waals surface area (Å²) in [6, 6.07) is 0.776. The number of ether oxygens (including phenoxy) is 1. The van der Waals surface area contributed by atoms with Gasteiger partial charge in [0.25, 0.3) is 0 Å². The van der Waals surface area contributed by atoms with E-state index in [2.05, 4.69) is 10.2 Å². The molecule has 2 saturated heterocycles. The van der Waals surface area contributed by atoms with Crippen molar-refractivity contribution in [2.45, 2.75) is 57.7 Å². The Kier molecular flexibility index (Phi) is 5.86. The maximum atomic E-state index is 12.1. The van der Waals surface area contributed by atoms with Crippen LogP contribution in [0.25, 0.3) is 0 Å². The molecular weight excluding hydrogens is 296 g/mol. The highest BCUT2D eigenvalue weighted by molar-refractivity contribution is 5.75. The van der Waals surface area contributed by atoms with Gasteiger partial charge in [-0.3, -0.25) is 9.69 Å². The van der Waals surface area contributed by atoms with E-state index in [0.717, 1.165) is 38.9 Å². The number of amides is 2. The van der Waals surface area contributed by atoms with Crippen LogP contribution in [0.5, 0.6) is 0 Å². The molecular formula is C16H30N4O3. The lowest BCUT2D eigenvalue weighted by Crippen LogP contribution is -2.48. The van der Waals surface area contributed by atoms with Crippen LogP contribution in [-0.4, -0.2) is 72.2 Å². The standard InChI is InChI=1S/C16H30N4O3/c1-16(2,3)23-15(22)20-9-6-13(10-20)18-12-4-7-19(8-5-12)11-14(17)21/h12-13,18H,4-11H2,1-3H3,(H2,17,21). The van der Waals surface area contributed by atoms with E-state index in [-0.39, 0.29) is 12.0 Å². The third kappa shape index (κ3) is 5.99. The van der Waals surface area contributed by atoms with Gasteiger partial charge in [-0.2, -0.15) is 0 Å². The summed E-state index contributed by atoms with van der Waals surface area (Å²) in [5.41, 5.74) is 4.78. The third-order valence-electron chi connectivity index (χ3n) is 4.28. The monoisotopic (exact) mass is 326 g/mol. The zero-order valence-electron chi connectivity index (χ0n) is 14.5. The first kappa shape index (κ1) is 18.0. The number of likely N-dealkylation sites (tertiary alicyclic amines) is 2. The number of rotatable bonds is 4. The average Bonchev–Trinajstić information content (AvgIpc) is 2.87. The number of hydrogen-bond acceptors (Lipinski definition) is 5. The first-order valence-corrected chi connectivity index (χ1v) is 8.47. The summed E-state index contributed by atoms with van der Waals surface area (Å²) in [5.74, 6) is -0.264. The van der Waals surface area contributed by atoms with E-state index < -0.39 is 5.60 Å². The van der Waals surface area contributed by atoms with E-state index in [1.165, 1.54) is 0 Å². The minimum atomic E-state index is -0.449. The molecule has 0 bridgehead atoms. The van der Waals surface area contributed by atoms with Crippen molar-refractivity contribution in [3.63, 3.8) is 0 Å². The number of piperidine rings is 1. The zero-order valence-corrected chi connectivity index (χ0v) is 14.5. The molecule has 0 saturated carbocycles. The van der Waals surface area contributed by atoms with E-state index in [1.54, 1.807) is 4.90 Å². The summed E-state index contributed by atoms with van der Waals surface area (Å²) in [5, 5.41) is 3.65. The first-order valence-electron chi connectivity index (χ1n) is 8.47. The summed E-state index contributed by atoms with van der Waals surface area (Å²) >= 11 is 0. The third-order valence-corrected chi connectivity index (χ3v) is 4.28. The molecule has 1 unspecified atom stereocenters. The second kappa shape index (κ2) is 7.49. The predicted octanol–water partition coefficient (Wildman–Crippen LogP) is 0.535. The molecule has 2 heterocycles. The van der Waals surface area contributed by atoms with Crippen LogP contribution in [0.2, 0.25) is 0 Å². The molecule has 23 heavy (non-hydrogen) atoms. The second-order valence-corrected chi connectivity index (χ2v) is 7.60. The van der Waals surface area contributed by atoms with Crippen molar-refractivity contribution >= 4 is 12.0 Å². The van der Waals surface area contributed by atoms with Gasteiger partial charge in [-0.05, 0) is 40.0 Å². The van der Waals surface area contributed by atoms with Crippen LogP contribution < -0.4 is 11.1 Å². The lowest BCUT2D eigenvalue weighted by molar-refractivity contribution is -0.119. The van der Waals surface area contributed by atoms with Crippen LogP contribution >= 0.6 is 0 Å². The van der Waals surface area contributed by atoms with Crippen LogP contribution in [0.1, 0.15) is 40.0 Å². The lowest BCUT2D eigenvalue weighted by atomic mass is 10.0. The van der Waals surface area contributed by atoms with E-state index in [1.807, 2.05) is 20.8 Å². The van der Waals surface area contributed by atoms with Crippen molar-refractivity contribution in [2.24, 2.45) is 5.73 Å². The maximum absolute atomic E-state index is 12.1. The Bertz CT molecular complexity index is 428. The van der Waals surface area contributed by atoms with Crippen molar-refractivity contribution in [3.8, 4) is 0 Å². The Balaban J connectivity index is 1.70. The molecule has 7 nitrogen and oxygen atoms in total.